The third-order valence-electron chi connectivity index (χ3n) is 4.37. The van der Waals surface area contributed by atoms with Gasteiger partial charge in [-0.2, -0.15) is 5.10 Å². The van der Waals surface area contributed by atoms with Crippen LogP contribution >= 0.6 is 0 Å². The molecule has 2 rings (SSSR count). The second-order valence-corrected chi connectivity index (χ2v) is 9.70. The van der Waals surface area contributed by atoms with Crippen LogP contribution in [0.15, 0.2) is 24.3 Å². The second-order valence-electron chi connectivity index (χ2n) is 7.95. The van der Waals surface area contributed by atoms with Gasteiger partial charge >= 0.3 is 0 Å². The van der Waals surface area contributed by atoms with Crippen LogP contribution in [0.2, 0.25) is 0 Å². The summed E-state index contributed by atoms with van der Waals surface area (Å²) in [6.07, 6.45) is 0.944. The van der Waals surface area contributed by atoms with E-state index in [9.17, 15) is 17.6 Å². The Morgan fingerprint density at radius 3 is 2.43 bits per heavy atom. The summed E-state index contributed by atoms with van der Waals surface area (Å²) in [5.41, 5.74) is 2.01. The maximum Gasteiger partial charge on any atom is 0.229 e. The van der Waals surface area contributed by atoms with Crippen molar-refractivity contribution in [2.45, 2.75) is 45.6 Å². The number of nitrogens with zero attached hydrogens (tertiary/aromatic N) is 2. The Kier molecular flexibility index (Phi) is 6.18. The summed E-state index contributed by atoms with van der Waals surface area (Å²) in [4.78, 5) is 12.5. The first-order valence-corrected chi connectivity index (χ1v) is 10.8. The van der Waals surface area contributed by atoms with E-state index in [4.69, 9.17) is 0 Å². The van der Waals surface area contributed by atoms with Crippen LogP contribution < -0.4 is 10.0 Å². The molecule has 0 unspecified atom stereocenters. The molecular weight excluding hydrogens is 383 g/mol. The minimum absolute atomic E-state index is 0.0907. The molecule has 0 bridgehead atoms. The number of aromatic nitrogens is 2. The predicted octanol–water partition coefficient (Wildman–Crippen LogP) is 2.65. The Hall–Kier alpha value is -2.42. The molecular formula is C19H27FN4O3S. The summed E-state index contributed by atoms with van der Waals surface area (Å²) in [7, 11) is -1.76. The molecule has 0 saturated carbocycles. The normalized spacial score (nSPS) is 13.2. The molecule has 0 aliphatic rings. The summed E-state index contributed by atoms with van der Waals surface area (Å²) >= 11 is 0. The first-order valence-electron chi connectivity index (χ1n) is 8.86. The number of hydrogen-bond acceptors (Lipinski definition) is 4. The van der Waals surface area contributed by atoms with Gasteiger partial charge < -0.3 is 5.32 Å². The number of carbonyl (C=O) groups is 1. The van der Waals surface area contributed by atoms with Gasteiger partial charge in [0.15, 0.2) is 0 Å². The fourth-order valence-electron chi connectivity index (χ4n) is 2.60. The fraction of sp³-hybridized carbons (Fsp3) is 0.474. The van der Waals surface area contributed by atoms with E-state index in [-0.39, 0.29) is 17.0 Å². The lowest BCUT2D eigenvalue weighted by atomic mass is 9.92. The molecule has 28 heavy (non-hydrogen) atoms. The van der Waals surface area contributed by atoms with E-state index in [1.54, 1.807) is 11.6 Å². The van der Waals surface area contributed by atoms with E-state index >= 15 is 0 Å². The van der Waals surface area contributed by atoms with E-state index < -0.39 is 21.8 Å². The van der Waals surface area contributed by atoms with Gasteiger partial charge in [0, 0.05) is 12.5 Å². The molecule has 1 amide bonds. The van der Waals surface area contributed by atoms with Crippen molar-refractivity contribution >= 4 is 21.6 Å². The highest BCUT2D eigenvalue weighted by atomic mass is 32.2. The van der Waals surface area contributed by atoms with Crippen LogP contribution in [0, 0.1) is 5.82 Å². The van der Waals surface area contributed by atoms with Crippen LogP contribution in [0.25, 0.3) is 0 Å². The highest BCUT2D eigenvalue weighted by Crippen LogP contribution is 2.23. The maximum absolute atomic E-state index is 14.2. The largest absolute Gasteiger partial charge is 0.350 e. The topological polar surface area (TPSA) is 93.1 Å². The highest BCUT2D eigenvalue weighted by molar-refractivity contribution is 7.92. The molecule has 9 heteroatoms. The quantitative estimate of drug-likeness (QED) is 0.766. The maximum atomic E-state index is 14.2. The molecule has 7 nitrogen and oxygen atoms in total. The number of carbonyl (C=O) groups excluding carboxylic acids is 1. The van der Waals surface area contributed by atoms with Crippen LogP contribution in [0.4, 0.5) is 10.1 Å². The average molecular weight is 411 g/mol. The van der Waals surface area contributed by atoms with Gasteiger partial charge in [-0.1, -0.05) is 26.8 Å². The molecule has 0 aliphatic heterocycles. The van der Waals surface area contributed by atoms with Gasteiger partial charge in [0.2, 0.25) is 15.9 Å². The Morgan fingerprint density at radius 2 is 1.93 bits per heavy atom. The first-order chi connectivity index (χ1) is 12.8. The van der Waals surface area contributed by atoms with Crippen LogP contribution in [-0.4, -0.2) is 30.4 Å². The standard InChI is InChI=1S/C19H27FN4O3S/c1-12(13-7-8-16(15(20)9-13)23-28(6,26)27)18(25)21-11-14-10-17(19(2,3)4)22-24(14)5/h7-10,12,23H,11H2,1-6H3,(H,21,25)/t12-/m0/s1. The zero-order valence-electron chi connectivity index (χ0n) is 17.0. The van der Waals surface area contributed by atoms with E-state index in [2.05, 4.69) is 35.9 Å². The number of aryl methyl sites for hydroxylation is 1. The number of amides is 1. The number of benzene rings is 1. The number of nitrogens with one attached hydrogen (secondary N) is 2. The van der Waals surface area contributed by atoms with Gasteiger partial charge in [-0.05, 0) is 30.7 Å². The molecule has 154 valence electrons. The Bertz CT molecular complexity index is 978. The molecule has 2 aromatic rings. The summed E-state index contributed by atoms with van der Waals surface area (Å²) in [5, 5.41) is 7.31. The monoisotopic (exact) mass is 410 g/mol. The number of anilines is 1. The molecule has 1 aromatic carbocycles. The highest BCUT2D eigenvalue weighted by Gasteiger charge is 2.21. The zero-order chi connectivity index (χ0) is 21.3. The van der Waals surface area contributed by atoms with Gasteiger partial charge in [0.05, 0.1) is 35.8 Å². The Balaban J connectivity index is 2.07. The lowest BCUT2D eigenvalue weighted by Gasteiger charge is -2.14. The Labute approximate surface area is 165 Å². The minimum atomic E-state index is -3.58. The molecule has 0 fully saturated rings. The molecule has 0 saturated heterocycles. The van der Waals surface area contributed by atoms with Crippen molar-refractivity contribution in [3.63, 3.8) is 0 Å². The van der Waals surface area contributed by atoms with Crippen molar-refractivity contribution in [2.75, 3.05) is 11.0 Å². The third kappa shape index (κ3) is 5.54. The van der Waals surface area contributed by atoms with E-state index in [0.717, 1.165) is 17.6 Å². The summed E-state index contributed by atoms with van der Waals surface area (Å²) in [6, 6.07) is 5.96. The number of rotatable bonds is 6. The van der Waals surface area contributed by atoms with Gasteiger partial charge in [0.25, 0.3) is 0 Å². The first kappa shape index (κ1) is 21.9. The molecule has 1 heterocycles. The number of halogens is 1. The smallest absolute Gasteiger partial charge is 0.229 e. The second kappa shape index (κ2) is 7.90. The van der Waals surface area contributed by atoms with Gasteiger partial charge in [-0.3, -0.25) is 14.2 Å². The number of sulfonamides is 1. The third-order valence-corrected chi connectivity index (χ3v) is 4.96. The van der Waals surface area contributed by atoms with Gasteiger partial charge in [-0.15, -0.1) is 0 Å². The summed E-state index contributed by atoms with van der Waals surface area (Å²) in [5.74, 6) is -1.59. The minimum Gasteiger partial charge on any atom is -0.350 e. The van der Waals surface area contributed by atoms with E-state index in [1.807, 2.05) is 13.1 Å². The molecule has 0 radical (unpaired) electrons. The summed E-state index contributed by atoms with van der Waals surface area (Å²) < 4.78 is 40.5. The van der Waals surface area contributed by atoms with Crippen LogP contribution in [0.1, 0.15) is 50.6 Å². The molecule has 1 aromatic heterocycles. The van der Waals surface area contributed by atoms with Gasteiger partial charge in [0.1, 0.15) is 5.82 Å². The fourth-order valence-corrected chi connectivity index (χ4v) is 3.17. The average Bonchev–Trinajstić information content (AvgIpc) is 2.94. The molecule has 1 atom stereocenters. The molecule has 0 aliphatic carbocycles. The SMILES string of the molecule is C[C@H](C(=O)NCc1cc(C(C)(C)C)nn1C)c1ccc(NS(C)(=O)=O)c(F)c1. The van der Waals surface area contributed by atoms with Crippen LogP contribution in [-0.2, 0) is 33.8 Å². The van der Waals surface area contributed by atoms with Crippen molar-refractivity contribution in [3.8, 4) is 0 Å². The van der Waals surface area contributed by atoms with E-state index in [1.165, 1.54) is 18.2 Å². The van der Waals surface area contributed by atoms with Crippen LogP contribution in [0.5, 0.6) is 0 Å². The van der Waals surface area contributed by atoms with Gasteiger partial charge in [-0.25, -0.2) is 12.8 Å². The van der Waals surface area contributed by atoms with Crippen LogP contribution in [0.3, 0.4) is 0 Å². The summed E-state index contributed by atoms with van der Waals surface area (Å²) in [6.45, 7) is 8.17. The zero-order valence-corrected chi connectivity index (χ0v) is 17.8. The number of hydrogen-bond donors (Lipinski definition) is 2. The lowest BCUT2D eigenvalue weighted by molar-refractivity contribution is -0.122. The van der Waals surface area contributed by atoms with Crippen molar-refractivity contribution in [1.29, 1.82) is 0 Å². The van der Waals surface area contributed by atoms with E-state index in [0.29, 0.717) is 12.1 Å². The van der Waals surface area contributed by atoms with Crippen molar-refractivity contribution < 1.29 is 17.6 Å². The predicted molar refractivity (Wildman–Crippen MR) is 107 cm³/mol. The molecule has 0 spiro atoms. The Morgan fingerprint density at radius 1 is 1.29 bits per heavy atom. The lowest BCUT2D eigenvalue weighted by Crippen LogP contribution is -2.28. The van der Waals surface area contributed by atoms with Crippen molar-refractivity contribution in [1.82, 2.24) is 15.1 Å². The van der Waals surface area contributed by atoms with Crippen molar-refractivity contribution in [3.05, 3.63) is 47.0 Å². The van der Waals surface area contributed by atoms with Crippen molar-refractivity contribution in [2.24, 2.45) is 7.05 Å². The molecule has 2 N–H and O–H groups in total.